The lowest BCUT2D eigenvalue weighted by molar-refractivity contribution is -0.161. The molecule has 1 aliphatic heterocycles. The topological polar surface area (TPSA) is 43.4 Å². The Morgan fingerprint density at radius 1 is 1.04 bits per heavy atom. The molecule has 3 aliphatic carbocycles. The van der Waals surface area contributed by atoms with Crippen LogP contribution in [0.15, 0.2) is 0 Å². The van der Waals surface area contributed by atoms with Gasteiger partial charge in [0.05, 0.1) is 6.61 Å². The molecule has 4 fully saturated rings. The Balaban J connectivity index is 1.69. The maximum Gasteiger partial charge on any atom is 0.136 e. The second-order valence-electron chi connectivity index (χ2n) is 9.24. The van der Waals surface area contributed by atoms with Crippen LogP contribution in [0.1, 0.15) is 65.2 Å². The first-order valence-corrected chi connectivity index (χ1v) is 9.56. The van der Waals surface area contributed by atoms with Gasteiger partial charge in [0, 0.05) is 31.8 Å². The van der Waals surface area contributed by atoms with Crippen molar-refractivity contribution in [2.24, 2.45) is 34.5 Å². The van der Waals surface area contributed by atoms with E-state index in [1.165, 1.54) is 6.42 Å². The average molecular weight is 318 g/mol. The number of carbonyl (C=O) groups excluding carboxylic acids is 2. The van der Waals surface area contributed by atoms with E-state index in [1.807, 2.05) is 0 Å². The summed E-state index contributed by atoms with van der Waals surface area (Å²) in [6.07, 6.45) is 7.60. The second-order valence-corrected chi connectivity index (χ2v) is 9.24. The van der Waals surface area contributed by atoms with Gasteiger partial charge in [-0.15, -0.1) is 0 Å². The molecule has 0 spiro atoms. The molecule has 6 unspecified atom stereocenters. The zero-order valence-electron chi connectivity index (χ0n) is 14.6. The Bertz CT molecular complexity index is 527. The van der Waals surface area contributed by atoms with Gasteiger partial charge in [-0.1, -0.05) is 13.8 Å². The molecule has 0 radical (unpaired) electrons. The third kappa shape index (κ3) is 2.33. The van der Waals surface area contributed by atoms with Gasteiger partial charge >= 0.3 is 0 Å². The molecule has 128 valence electrons. The van der Waals surface area contributed by atoms with Gasteiger partial charge < -0.3 is 4.74 Å². The summed E-state index contributed by atoms with van der Waals surface area (Å²) in [5, 5.41) is 0. The number of carbonyl (C=O) groups is 2. The van der Waals surface area contributed by atoms with E-state index in [0.29, 0.717) is 42.2 Å². The van der Waals surface area contributed by atoms with E-state index >= 15 is 0 Å². The highest BCUT2D eigenvalue weighted by Gasteiger charge is 2.59. The van der Waals surface area contributed by atoms with Gasteiger partial charge in [0.25, 0.3) is 0 Å². The highest BCUT2D eigenvalue weighted by molar-refractivity contribution is 5.86. The molecule has 1 heterocycles. The van der Waals surface area contributed by atoms with Crippen LogP contribution in [0, 0.1) is 34.5 Å². The molecule has 0 bridgehead atoms. The largest absolute Gasteiger partial charge is 0.381 e. The number of hydrogen-bond donors (Lipinski definition) is 0. The summed E-state index contributed by atoms with van der Waals surface area (Å²) in [5.74, 6) is 2.37. The van der Waals surface area contributed by atoms with Gasteiger partial charge in [0.1, 0.15) is 11.6 Å². The zero-order chi connectivity index (χ0) is 16.2. The number of ketones is 2. The SMILES string of the molecule is CC12CCC3C(C(=O)CC4CC(=O)CCC43C)C1CCCOC2. The monoisotopic (exact) mass is 318 g/mol. The van der Waals surface area contributed by atoms with Crippen molar-refractivity contribution in [3.8, 4) is 0 Å². The summed E-state index contributed by atoms with van der Waals surface area (Å²) in [6, 6.07) is 0. The number of hydrogen-bond acceptors (Lipinski definition) is 3. The first-order valence-electron chi connectivity index (χ1n) is 9.56. The number of Topliss-reactive ketones (excluding diaryl/α,β-unsaturated/α-hetero) is 2. The van der Waals surface area contributed by atoms with E-state index in [2.05, 4.69) is 13.8 Å². The third-order valence-corrected chi connectivity index (χ3v) is 8.04. The molecule has 1 saturated heterocycles. The van der Waals surface area contributed by atoms with Crippen LogP contribution in [0.4, 0.5) is 0 Å². The van der Waals surface area contributed by atoms with Crippen LogP contribution in [0.2, 0.25) is 0 Å². The molecule has 4 aliphatic rings. The van der Waals surface area contributed by atoms with E-state index < -0.39 is 0 Å². The van der Waals surface area contributed by atoms with E-state index in [4.69, 9.17) is 4.74 Å². The second kappa shape index (κ2) is 5.40. The number of fused-ring (bicyclic) bond motifs is 5. The van der Waals surface area contributed by atoms with Crippen LogP contribution >= 0.6 is 0 Å². The first kappa shape index (κ1) is 15.8. The minimum absolute atomic E-state index is 0.182. The smallest absolute Gasteiger partial charge is 0.136 e. The van der Waals surface area contributed by atoms with E-state index in [1.54, 1.807) is 0 Å². The molecule has 0 aromatic rings. The molecule has 0 aromatic heterocycles. The Hall–Kier alpha value is -0.700. The Labute approximate surface area is 139 Å². The van der Waals surface area contributed by atoms with Crippen molar-refractivity contribution in [3.05, 3.63) is 0 Å². The van der Waals surface area contributed by atoms with Gasteiger partial charge in [-0.05, 0) is 60.7 Å². The maximum atomic E-state index is 13.1. The van der Waals surface area contributed by atoms with Crippen LogP contribution in [0.3, 0.4) is 0 Å². The molecule has 0 aromatic carbocycles. The minimum Gasteiger partial charge on any atom is -0.381 e. The van der Waals surface area contributed by atoms with E-state index in [9.17, 15) is 9.59 Å². The van der Waals surface area contributed by atoms with Crippen LogP contribution in [-0.2, 0) is 14.3 Å². The van der Waals surface area contributed by atoms with E-state index in [0.717, 1.165) is 45.3 Å². The molecule has 0 N–H and O–H groups in total. The summed E-state index contributed by atoms with van der Waals surface area (Å²) in [4.78, 5) is 25.0. The maximum absolute atomic E-state index is 13.1. The molecule has 0 amide bonds. The van der Waals surface area contributed by atoms with Crippen LogP contribution in [-0.4, -0.2) is 24.8 Å². The van der Waals surface area contributed by atoms with Crippen LogP contribution in [0.5, 0.6) is 0 Å². The lowest BCUT2D eigenvalue weighted by atomic mass is 9.44. The summed E-state index contributed by atoms with van der Waals surface area (Å²) in [7, 11) is 0. The number of ether oxygens (including phenoxy) is 1. The summed E-state index contributed by atoms with van der Waals surface area (Å²) in [6.45, 7) is 6.42. The van der Waals surface area contributed by atoms with Gasteiger partial charge in [0.2, 0.25) is 0 Å². The average Bonchev–Trinajstić information content (AvgIpc) is 2.70. The Morgan fingerprint density at radius 3 is 2.70 bits per heavy atom. The van der Waals surface area contributed by atoms with Crippen molar-refractivity contribution in [2.75, 3.05) is 13.2 Å². The summed E-state index contributed by atoms with van der Waals surface area (Å²) < 4.78 is 5.87. The van der Waals surface area contributed by atoms with Crippen molar-refractivity contribution in [1.82, 2.24) is 0 Å². The lowest BCUT2D eigenvalue weighted by Crippen LogP contribution is -2.57. The van der Waals surface area contributed by atoms with Crippen molar-refractivity contribution < 1.29 is 14.3 Å². The van der Waals surface area contributed by atoms with Gasteiger partial charge in [-0.25, -0.2) is 0 Å². The van der Waals surface area contributed by atoms with Gasteiger partial charge in [0.15, 0.2) is 0 Å². The Morgan fingerprint density at radius 2 is 1.87 bits per heavy atom. The molecule has 6 atom stereocenters. The van der Waals surface area contributed by atoms with E-state index in [-0.39, 0.29) is 16.7 Å². The third-order valence-electron chi connectivity index (χ3n) is 8.04. The molecular formula is C20H30O3. The molecule has 3 heteroatoms. The highest BCUT2D eigenvalue weighted by Crippen LogP contribution is 2.62. The lowest BCUT2D eigenvalue weighted by Gasteiger charge is -2.59. The Kier molecular flexibility index (Phi) is 3.71. The predicted molar refractivity (Wildman–Crippen MR) is 87.9 cm³/mol. The molecule has 4 rings (SSSR count). The summed E-state index contributed by atoms with van der Waals surface area (Å²) in [5.41, 5.74) is 0.391. The highest BCUT2D eigenvalue weighted by atomic mass is 16.5. The first-order chi connectivity index (χ1) is 10.9. The van der Waals surface area contributed by atoms with Crippen molar-refractivity contribution >= 4 is 11.6 Å². The van der Waals surface area contributed by atoms with Crippen LogP contribution in [0.25, 0.3) is 0 Å². The van der Waals surface area contributed by atoms with Crippen molar-refractivity contribution in [1.29, 1.82) is 0 Å². The normalized spacial score (nSPS) is 50.5. The zero-order valence-corrected chi connectivity index (χ0v) is 14.6. The predicted octanol–water partition coefficient (Wildman–Crippen LogP) is 3.79. The molecule has 23 heavy (non-hydrogen) atoms. The minimum atomic E-state index is 0.182. The fourth-order valence-electron chi connectivity index (χ4n) is 6.57. The van der Waals surface area contributed by atoms with Crippen LogP contribution < -0.4 is 0 Å². The molecular weight excluding hydrogens is 288 g/mol. The fraction of sp³-hybridized carbons (Fsp3) is 0.900. The van der Waals surface area contributed by atoms with Crippen molar-refractivity contribution in [3.63, 3.8) is 0 Å². The molecule has 3 nitrogen and oxygen atoms in total. The quantitative estimate of drug-likeness (QED) is 0.682. The van der Waals surface area contributed by atoms with Gasteiger partial charge in [-0.3, -0.25) is 9.59 Å². The van der Waals surface area contributed by atoms with Gasteiger partial charge in [-0.2, -0.15) is 0 Å². The summed E-state index contributed by atoms with van der Waals surface area (Å²) >= 11 is 0. The van der Waals surface area contributed by atoms with Crippen molar-refractivity contribution in [2.45, 2.75) is 65.2 Å². The fourth-order valence-corrected chi connectivity index (χ4v) is 6.57. The molecule has 3 saturated carbocycles. The standard InChI is InChI=1S/C20H30O3/c1-19-7-6-16-18(15(19)4-3-9-23-12-19)17(22)11-13-10-14(21)5-8-20(13,16)2/h13,15-16,18H,3-12H2,1-2H3. The number of rotatable bonds is 0.